The van der Waals surface area contributed by atoms with Gasteiger partial charge in [-0.1, -0.05) is 44.2 Å². The molecule has 24 heavy (non-hydrogen) atoms. The van der Waals surface area contributed by atoms with E-state index in [1.54, 1.807) is 6.92 Å². The van der Waals surface area contributed by atoms with Crippen molar-refractivity contribution in [2.75, 3.05) is 18.1 Å². The summed E-state index contributed by atoms with van der Waals surface area (Å²) in [5.74, 6) is -0.684. The van der Waals surface area contributed by atoms with E-state index in [-0.39, 0.29) is 16.5 Å². The number of hydrogen-bond acceptors (Lipinski definition) is 4. The standard InChI is InChI=1S/C15H26ClFN2O3SSi/c1-5-9-23(20,21)19-15(22-8-10-24(2,3)4)11-6-7-12(17)14(18)13(11)16/h6-7,15,19H,5,8-10,18H2,1-4H3. The van der Waals surface area contributed by atoms with Crippen molar-refractivity contribution in [2.45, 2.75) is 45.3 Å². The molecule has 3 N–H and O–H groups in total. The summed E-state index contributed by atoms with van der Waals surface area (Å²) in [4.78, 5) is 0. The molecule has 0 aliphatic heterocycles. The Morgan fingerprint density at radius 1 is 1.38 bits per heavy atom. The molecule has 0 radical (unpaired) electrons. The first-order valence-electron chi connectivity index (χ1n) is 7.82. The van der Waals surface area contributed by atoms with Gasteiger partial charge in [0, 0.05) is 20.2 Å². The number of benzene rings is 1. The van der Waals surface area contributed by atoms with Crippen molar-refractivity contribution in [3.8, 4) is 0 Å². The Hall–Kier alpha value is -0.673. The summed E-state index contributed by atoms with van der Waals surface area (Å²) in [6, 6.07) is 3.40. The summed E-state index contributed by atoms with van der Waals surface area (Å²) in [6.45, 7) is 8.71. The maximum atomic E-state index is 13.5. The highest BCUT2D eigenvalue weighted by atomic mass is 35.5. The van der Waals surface area contributed by atoms with Crippen molar-refractivity contribution in [3.63, 3.8) is 0 Å². The molecule has 0 saturated carbocycles. The number of halogens is 2. The van der Waals surface area contributed by atoms with E-state index in [1.165, 1.54) is 6.07 Å². The summed E-state index contributed by atoms with van der Waals surface area (Å²) < 4.78 is 46.0. The summed E-state index contributed by atoms with van der Waals surface area (Å²) in [6.07, 6.45) is -0.524. The molecule has 9 heteroatoms. The molecule has 0 heterocycles. The number of nitrogens with one attached hydrogen (secondary N) is 1. The van der Waals surface area contributed by atoms with Crippen molar-refractivity contribution in [1.29, 1.82) is 0 Å². The maximum Gasteiger partial charge on any atom is 0.214 e. The van der Waals surface area contributed by atoms with Crippen LogP contribution in [0, 0.1) is 5.82 Å². The molecule has 138 valence electrons. The van der Waals surface area contributed by atoms with Gasteiger partial charge in [0.1, 0.15) is 12.0 Å². The molecule has 0 amide bonds. The van der Waals surface area contributed by atoms with Crippen LogP contribution in [0.5, 0.6) is 0 Å². The van der Waals surface area contributed by atoms with E-state index in [4.69, 9.17) is 22.1 Å². The maximum absolute atomic E-state index is 13.5. The number of hydrogen-bond donors (Lipinski definition) is 2. The lowest BCUT2D eigenvalue weighted by atomic mass is 10.1. The number of anilines is 1. The normalized spacial score (nSPS) is 13.9. The van der Waals surface area contributed by atoms with Crippen LogP contribution in [0.25, 0.3) is 0 Å². The molecule has 0 saturated heterocycles. The van der Waals surface area contributed by atoms with Crippen LogP contribution in [-0.2, 0) is 14.8 Å². The molecule has 1 atom stereocenters. The molecule has 1 unspecified atom stereocenters. The van der Waals surface area contributed by atoms with Crippen LogP contribution in [0.1, 0.15) is 25.1 Å². The van der Waals surface area contributed by atoms with Crippen molar-refractivity contribution >= 4 is 35.4 Å². The molecule has 1 rings (SSSR count). The van der Waals surface area contributed by atoms with Crippen LogP contribution in [0.2, 0.25) is 30.7 Å². The Morgan fingerprint density at radius 2 is 2.00 bits per heavy atom. The van der Waals surface area contributed by atoms with Crippen molar-refractivity contribution in [2.24, 2.45) is 0 Å². The Balaban J connectivity index is 3.07. The van der Waals surface area contributed by atoms with Gasteiger partial charge in [0.2, 0.25) is 10.0 Å². The predicted octanol–water partition coefficient (Wildman–Crippen LogP) is 3.74. The third-order valence-electron chi connectivity index (χ3n) is 3.33. The van der Waals surface area contributed by atoms with Gasteiger partial charge in [0.05, 0.1) is 16.5 Å². The molecule has 5 nitrogen and oxygen atoms in total. The van der Waals surface area contributed by atoms with Gasteiger partial charge >= 0.3 is 0 Å². The van der Waals surface area contributed by atoms with E-state index in [9.17, 15) is 12.8 Å². The Labute approximate surface area is 149 Å². The van der Waals surface area contributed by atoms with Crippen molar-refractivity contribution < 1.29 is 17.5 Å². The van der Waals surface area contributed by atoms with E-state index >= 15 is 0 Å². The topological polar surface area (TPSA) is 81.4 Å². The Morgan fingerprint density at radius 3 is 2.54 bits per heavy atom. The van der Waals surface area contributed by atoms with Crippen LogP contribution < -0.4 is 10.5 Å². The third-order valence-corrected chi connectivity index (χ3v) is 6.98. The fourth-order valence-electron chi connectivity index (χ4n) is 1.95. The zero-order valence-electron chi connectivity index (χ0n) is 14.5. The number of nitrogens with two attached hydrogens (primary N) is 1. The first-order valence-corrected chi connectivity index (χ1v) is 13.6. The second kappa shape index (κ2) is 8.62. The Kier molecular flexibility index (Phi) is 7.67. The molecule has 0 fully saturated rings. The smallest absolute Gasteiger partial charge is 0.214 e. The van der Waals surface area contributed by atoms with Gasteiger partial charge in [-0.25, -0.2) is 12.8 Å². The van der Waals surface area contributed by atoms with Gasteiger partial charge in [-0.2, -0.15) is 4.72 Å². The minimum absolute atomic E-state index is 0.0326. The number of ether oxygens (including phenoxy) is 1. The molecule has 0 spiro atoms. The van der Waals surface area contributed by atoms with E-state index < -0.39 is 30.1 Å². The van der Waals surface area contributed by atoms with Gasteiger partial charge in [-0.05, 0) is 18.5 Å². The minimum atomic E-state index is -3.54. The molecule has 1 aromatic carbocycles. The number of rotatable bonds is 9. The molecular formula is C15H26ClFN2O3SSi. The molecular weight excluding hydrogens is 371 g/mol. The highest BCUT2D eigenvalue weighted by molar-refractivity contribution is 7.89. The van der Waals surface area contributed by atoms with E-state index in [0.29, 0.717) is 18.6 Å². The van der Waals surface area contributed by atoms with Crippen LogP contribution in [0.4, 0.5) is 10.1 Å². The minimum Gasteiger partial charge on any atom is -0.395 e. The Bertz CT molecular complexity index is 665. The van der Waals surface area contributed by atoms with Crippen LogP contribution >= 0.6 is 11.6 Å². The molecule has 0 aromatic heterocycles. The fourth-order valence-corrected chi connectivity index (χ4v) is 4.11. The van der Waals surface area contributed by atoms with Gasteiger partial charge in [0.25, 0.3) is 0 Å². The highest BCUT2D eigenvalue weighted by Gasteiger charge is 2.24. The summed E-state index contributed by atoms with van der Waals surface area (Å²) in [5, 5.41) is -0.0350. The van der Waals surface area contributed by atoms with E-state index in [2.05, 4.69) is 24.4 Å². The van der Waals surface area contributed by atoms with Crippen LogP contribution in [0.3, 0.4) is 0 Å². The summed E-state index contributed by atoms with van der Waals surface area (Å²) in [7, 11) is -4.89. The molecule has 0 aliphatic carbocycles. The second-order valence-electron chi connectivity index (χ2n) is 6.86. The fraction of sp³-hybridized carbons (Fsp3) is 0.600. The van der Waals surface area contributed by atoms with Crippen LogP contribution in [0.15, 0.2) is 12.1 Å². The average molecular weight is 397 g/mol. The zero-order valence-corrected chi connectivity index (χ0v) is 17.1. The molecule has 1 aromatic rings. The van der Waals surface area contributed by atoms with Gasteiger partial charge in [-0.3, -0.25) is 0 Å². The van der Waals surface area contributed by atoms with Crippen molar-refractivity contribution in [1.82, 2.24) is 4.72 Å². The monoisotopic (exact) mass is 396 g/mol. The lowest BCUT2D eigenvalue weighted by molar-refractivity contribution is 0.0541. The predicted molar refractivity (Wildman–Crippen MR) is 99.9 cm³/mol. The second-order valence-corrected chi connectivity index (χ2v) is 14.7. The van der Waals surface area contributed by atoms with Gasteiger partial charge in [-0.15, -0.1) is 0 Å². The first kappa shape index (κ1) is 21.4. The molecule has 0 aliphatic rings. The first-order chi connectivity index (χ1) is 11.0. The van der Waals surface area contributed by atoms with Gasteiger partial charge < -0.3 is 10.5 Å². The molecule has 0 bridgehead atoms. The van der Waals surface area contributed by atoms with Crippen LogP contribution in [-0.4, -0.2) is 28.9 Å². The summed E-state index contributed by atoms with van der Waals surface area (Å²) >= 11 is 6.10. The van der Waals surface area contributed by atoms with Gasteiger partial charge in [0.15, 0.2) is 0 Å². The quantitative estimate of drug-likeness (QED) is 0.378. The van der Waals surface area contributed by atoms with E-state index in [0.717, 1.165) is 12.1 Å². The SMILES string of the molecule is CCCS(=O)(=O)NC(OCC[Si](C)(C)C)c1ccc(F)c(N)c1Cl. The van der Waals surface area contributed by atoms with Crippen molar-refractivity contribution in [3.05, 3.63) is 28.5 Å². The number of sulfonamides is 1. The van der Waals surface area contributed by atoms with E-state index in [1.807, 2.05) is 0 Å². The lowest BCUT2D eigenvalue weighted by Crippen LogP contribution is -2.33. The number of nitrogen functional groups attached to an aromatic ring is 1. The third kappa shape index (κ3) is 6.68. The highest BCUT2D eigenvalue weighted by Crippen LogP contribution is 2.31. The average Bonchev–Trinajstić information content (AvgIpc) is 2.42. The largest absolute Gasteiger partial charge is 0.395 e. The zero-order chi connectivity index (χ0) is 18.5. The lowest BCUT2D eigenvalue weighted by Gasteiger charge is -2.23. The summed E-state index contributed by atoms with van der Waals surface area (Å²) in [5.41, 5.74) is 5.70.